The Kier molecular flexibility index (Phi) is 2.27. The Morgan fingerprint density at radius 3 is 2.71 bits per heavy atom. The summed E-state index contributed by atoms with van der Waals surface area (Å²) in [5, 5.41) is 0. The van der Waals surface area contributed by atoms with E-state index in [-0.39, 0.29) is 23.6 Å². The summed E-state index contributed by atoms with van der Waals surface area (Å²) < 4.78 is 26.2. The van der Waals surface area contributed by atoms with Gasteiger partial charge in [0.1, 0.15) is 11.6 Å². The van der Waals surface area contributed by atoms with Crippen molar-refractivity contribution in [3.05, 3.63) is 35.4 Å². The van der Waals surface area contributed by atoms with Gasteiger partial charge >= 0.3 is 0 Å². The van der Waals surface area contributed by atoms with Crippen LogP contribution < -0.4 is 5.73 Å². The maximum absolute atomic E-state index is 13.3. The quantitative estimate of drug-likeness (QED) is 0.774. The van der Waals surface area contributed by atoms with Crippen LogP contribution >= 0.6 is 0 Å². The number of nitrogens with two attached hydrogens (primary N) is 1. The normalized spacial score (nSPS) is 27.4. The maximum atomic E-state index is 13.3. The van der Waals surface area contributed by atoms with E-state index in [1.165, 1.54) is 12.1 Å². The first-order chi connectivity index (χ1) is 6.59. The van der Waals surface area contributed by atoms with Crippen LogP contribution in [0.2, 0.25) is 0 Å². The highest BCUT2D eigenvalue weighted by Crippen LogP contribution is 2.49. The fraction of sp³-hybridized carbons (Fsp3) is 0.455. The molecule has 1 aromatic carbocycles. The van der Waals surface area contributed by atoms with Crippen LogP contribution in [0.15, 0.2) is 18.2 Å². The molecule has 14 heavy (non-hydrogen) atoms. The highest BCUT2D eigenvalue weighted by Gasteiger charge is 2.42. The van der Waals surface area contributed by atoms with Crippen molar-refractivity contribution in [3.63, 3.8) is 0 Å². The van der Waals surface area contributed by atoms with Crippen LogP contribution in [0.1, 0.15) is 24.8 Å². The molecule has 1 nitrogen and oxygen atoms in total. The van der Waals surface area contributed by atoms with Crippen molar-refractivity contribution in [2.24, 2.45) is 11.7 Å². The second kappa shape index (κ2) is 3.31. The van der Waals surface area contributed by atoms with Crippen LogP contribution in [0.5, 0.6) is 0 Å². The van der Waals surface area contributed by atoms with E-state index in [1.807, 2.05) is 6.92 Å². The van der Waals surface area contributed by atoms with E-state index in [0.29, 0.717) is 11.5 Å². The maximum Gasteiger partial charge on any atom is 0.126 e. The van der Waals surface area contributed by atoms with Crippen LogP contribution in [-0.4, -0.2) is 6.04 Å². The first-order valence-electron chi connectivity index (χ1n) is 4.80. The molecule has 0 aromatic heterocycles. The molecule has 0 spiro atoms. The molecule has 3 atom stereocenters. The standard InChI is InChI=1S/C11H13F2N/c1-6(14)8-5-9(8)10-4-7(12)2-3-11(10)13/h2-4,6,8-9H,5,14H2,1H3. The Morgan fingerprint density at radius 1 is 1.43 bits per heavy atom. The van der Waals surface area contributed by atoms with Gasteiger partial charge in [0.2, 0.25) is 0 Å². The number of hydrogen-bond donors (Lipinski definition) is 1. The third-order valence-electron chi connectivity index (χ3n) is 2.87. The molecule has 1 aliphatic rings. The smallest absolute Gasteiger partial charge is 0.126 e. The van der Waals surface area contributed by atoms with Crippen LogP contribution in [-0.2, 0) is 0 Å². The van der Waals surface area contributed by atoms with Gasteiger partial charge in [0, 0.05) is 6.04 Å². The van der Waals surface area contributed by atoms with Gasteiger partial charge in [-0.05, 0) is 48.9 Å². The topological polar surface area (TPSA) is 26.0 Å². The number of hydrogen-bond acceptors (Lipinski definition) is 1. The summed E-state index contributed by atoms with van der Waals surface area (Å²) >= 11 is 0. The summed E-state index contributed by atoms with van der Waals surface area (Å²) in [6, 6.07) is 3.66. The minimum absolute atomic E-state index is 0.0580. The zero-order valence-electron chi connectivity index (χ0n) is 8.00. The molecule has 0 aliphatic heterocycles. The third kappa shape index (κ3) is 1.64. The third-order valence-corrected chi connectivity index (χ3v) is 2.87. The molecule has 1 aromatic rings. The van der Waals surface area contributed by atoms with Crippen molar-refractivity contribution >= 4 is 0 Å². The lowest BCUT2D eigenvalue weighted by molar-refractivity contribution is 0.572. The molecule has 3 heteroatoms. The van der Waals surface area contributed by atoms with E-state index >= 15 is 0 Å². The van der Waals surface area contributed by atoms with E-state index < -0.39 is 0 Å². The van der Waals surface area contributed by atoms with Crippen molar-refractivity contribution in [2.75, 3.05) is 0 Å². The van der Waals surface area contributed by atoms with E-state index in [9.17, 15) is 8.78 Å². The molecular weight excluding hydrogens is 184 g/mol. The van der Waals surface area contributed by atoms with Gasteiger partial charge < -0.3 is 5.73 Å². The van der Waals surface area contributed by atoms with Crippen LogP contribution in [0.3, 0.4) is 0 Å². The Morgan fingerprint density at radius 2 is 2.14 bits per heavy atom. The van der Waals surface area contributed by atoms with Crippen molar-refractivity contribution in [3.8, 4) is 0 Å². The Balaban J connectivity index is 2.22. The Labute approximate surface area is 81.9 Å². The van der Waals surface area contributed by atoms with Crippen molar-refractivity contribution < 1.29 is 8.78 Å². The molecule has 1 saturated carbocycles. The van der Waals surface area contributed by atoms with Crippen molar-refractivity contribution in [1.29, 1.82) is 0 Å². The van der Waals surface area contributed by atoms with Crippen molar-refractivity contribution in [2.45, 2.75) is 25.3 Å². The zero-order valence-corrected chi connectivity index (χ0v) is 8.00. The lowest BCUT2D eigenvalue weighted by Gasteiger charge is -2.05. The fourth-order valence-corrected chi connectivity index (χ4v) is 1.95. The van der Waals surface area contributed by atoms with Gasteiger partial charge in [-0.25, -0.2) is 8.78 Å². The lowest BCUT2D eigenvalue weighted by Crippen LogP contribution is -2.18. The van der Waals surface area contributed by atoms with E-state index in [0.717, 1.165) is 12.5 Å². The minimum Gasteiger partial charge on any atom is -0.328 e. The van der Waals surface area contributed by atoms with Crippen molar-refractivity contribution in [1.82, 2.24) is 0 Å². The highest BCUT2D eigenvalue weighted by atomic mass is 19.1. The second-order valence-corrected chi connectivity index (χ2v) is 4.03. The SMILES string of the molecule is CC(N)C1CC1c1cc(F)ccc1F. The number of rotatable bonds is 2. The Bertz CT molecular complexity index is 349. The van der Waals surface area contributed by atoms with E-state index in [2.05, 4.69) is 0 Å². The zero-order chi connectivity index (χ0) is 10.3. The van der Waals surface area contributed by atoms with Gasteiger partial charge in [-0.2, -0.15) is 0 Å². The van der Waals surface area contributed by atoms with Gasteiger partial charge in [-0.15, -0.1) is 0 Å². The molecule has 0 bridgehead atoms. The summed E-state index contributed by atoms with van der Waals surface area (Å²) in [5.74, 6) is -0.270. The first kappa shape index (κ1) is 9.59. The van der Waals surface area contributed by atoms with Crippen LogP contribution in [0.25, 0.3) is 0 Å². The summed E-state index contributed by atoms with van der Waals surface area (Å²) in [5.41, 5.74) is 6.18. The number of benzene rings is 1. The summed E-state index contributed by atoms with van der Waals surface area (Å²) in [6.07, 6.45) is 0.873. The molecule has 0 heterocycles. The molecule has 3 unspecified atom stereocenters. The van der Waals surface area contributed by atoms with Gasteiger partial charge in [-0.1, -0.05) is 0 Å². The molecule has 1 aliphatic carbocycles. The Hall–Kier alpha value is -0.960. The van der Waals surface area contributed by atoms with Gasteiger partial charge in [0.25, 0.3) is 0 Å². The second-order valence-electron chi connectivity index (χ2n) is 4.03. The minimum atomic E-state index is -0.378. The summed E-state index contributed by atoms with van der Waals surface area (Å²) in [6.45, 7) is 1.90. The van der Waals surface area contributed by atoms with Gasteiger partial charge in [0.05, 0.1) is 0 Å². The number of halogens is 2. The molecule has 2 rings (SSSR count). The summed E-state index contributed by atoms with van der Waals surface area (Å²) in [7, 11) is 0. The van der Waals surface area contributed by atoms with Crippen LogP contribution in [0, 0.1) is 17.6 Å². The highest BCUT2D eigenvalue weighted by molar-refractivity contribution is 5.28. The van der Waals surface area contributed by atoms with E-state index in [4.69, 9.17) is 5.73 Å². The van der Waals surface area contributed by atoms with E-state index in [1.54, 1.807) is 0 Å². The largest absolute Gasteiger partial charge is 0.328 e. The molecule has 76 valence electrons. The fourth-order valence-electron chi connectivity index (χ4n) is 1.95. The monoisotopic (exact) mass is 197 g/mol. The van der Waals surface area contributed by atoms with Gasteiger partial charge in [-0.3, -0.25) is 0 Å². The van der Waals surface area contributed by atoms with Gasteiger partial charge in [0.15, 0.2) is 0 Å². The molecule has 0 amide bonds. The molecular formula is C11H13F2N. The molecule has 0 saturated heterocycles. The molecule has 1 fully saturated rings. The lowest BCUT2D eigenvalue weighted by atomic mass is 10.1. The first-order valence-corrected chi connectivity index (χ1v) is 4.80. The average molecular weight is 197 g/mol. The summed E-state index contributed by atoms with van der Waals surface area (Å²) in [4.78, 5) is 0. The average Bonchev–Trinajstić information content (AvgIpc) is 2.88. The van der Waals surface area contributed by atoms with Crippen LogP contribution in [0.4, 0.5) is 8.78 Å². The molecule has 0 radical (unpaired) electrons. The predicted octanol–water partition coefficient (Wildman–Crippen LogP) is 2.42. The predicted molar refractivity (Wildman–Crippen MR) is 50.9 cm³/mol. The molecule has 2 N–H and O–H groups in total.